The molecule has 0 saturated carbocycles. The van der Waals surface area contributed by atoms with Gasteiger partial charge in [-0.2, -0.15) is 5.10 Å². The minimum Gasteiger partial charge on any atom is -0.397 e. The molecule has 196 valence electrons. The molecule has 0 aliphatic heterocycles. The van der Waals surface area contributed by atoms with Crippen LogP contribution in [0, 0.1) is 11.6 Å². The van der Waals surface area contributed by atoms with Crippen molar-refractivity contribution in [2.75, 3.05) is 22.9 Å². The van der Waals surface area contributed by atoms with Crippen LogP contribution in [0.1, 0.15) is 36.2 Å². The van der Waals surface area contributed by atoms with Gasteiger partial charge in [0.25, 0.3) is 5.91 Å². The van der Waals surface area contributed by atoms with Crippen LogP contribution in [0.5, 0.6) is 0 Å². The van der Waals surface area contributed by atoms with E-state index in [2.05, 4.69) is 26.1 Å². The standard InChI is InChI=1S/C28H28F2N6O2/c29-20-7-6-8-21(30)27(20)33-19-14-12-18(13-15-19)24-17-25(36-35-24)28(38)32-16-5-1-2-11-26(37)34-23-10-4-3-9-22(23)31/h3-4,6-10,12-15,17,33H,1-2,5,11,16,31H2,(H,32,38)(H,34,37)(H,35,36). The highest BCUT2D eigenvalue weighted by molar-refractivity contribution is 5.94. The number of anilines is 4. The molecule has 1 aromatic heterocycles. The second-order valence-corrected chi connectivity index (χ2v) is 8.67. The van der Waals surface area contributed by atoms with Crippen LogP contribution >= 0.6 is 0 Å². The number of nitrogens with zero attached hydrogens (tertiary/aromatic N) is 1. The van der Waals surface area contributed by atoms with Crippen molar-refractivity contribution in [3.8, 4) is 11.3 Å². The highest BCUT2D eigenvalue weighted by atomic mass is 19.1. The van der Waals surface area contributed by atoms with Crippen LogP contribution in [0.15, 0.2) is 72.8 Å². The summed E-state index contributed by atoms with van der Waals surface area (Å²) in [5, 5.41) is 15.3. The van der Waals surface area contributed by atoms with E-state index in [0.29, 0.717) is 47.8 Å². The fourth-order valence-corrected chi connectivity index (χ4v) is 3.78. The number of H-pyrrole nitrogens is 1. The molecule has 0 unspecified atom stereocenters. The molecular weight excluding hydrogens is 490 g/mol. The second kappa shape index (κ2) is 12.5. The molecule has 6 N–H and O–H groups in total. The Labute approximate surface area is 218 Å². The average Bonchev–Trinajstić information content (AvgIpc) is 3.40. The first-order valence-corrected chi connectivity index (χ1v) is 12.2. The van der Waals surface area contributed by atoms with E-state index in [1.165, 1.54) is 18.2 Å². The summed E-state index contributed by atoms with van der Waals surface area (Å²) in [6.07, 6.45) is 2.57. The van der Waals surface area contributed by atoms with Crippen LogP contribution in [-0.4, -0.2) is 28.6 Å². The first-order valence-electron chi connectivity index (χ1n) is 12.2. The van der Waals surface area contributed by atoms with E-state index in [0.717, 1.165) is 18.4 Å². The van der Waals surface area contributed by atoms with Gasteiger partial charge in [0.15, 0.2) is 0 Å². The van der Waals surface area contributed by atoms with Crippen LogP contribution in [0.4, 0.5) is 31.5 Å². The number of aromatic nitrogens is 2. The number of nitrogens with two attached hydrogens (primary N) is 1. The first kappa shape index (κ1) is 26.3. The Morgan fingerprint density at radius 1 is 0.895 bits per heavy atom. The number of unbranched alkanes of at least 4 members (excludes halogenated alkanes) is 2. The molecule has 0 atom stereocenters. The highest BCUT2D eigenvalue weighted by Gasteiger charge is 2.12. The van der Waals surface area contributed by atoms with Gasteiger partial charge in [0.05, 0.1) is 17.1 Å². The number of hydrogen-bond donors (Lipinski definition) is 5. The second-order valence-electron chi connectivity index (χ2n) is 8.67. The monoisotopic (exact) mass is 518 g/mol. The van der Waals surface area contributed by atoms with Crippen molar-refractivity contribution in [1.29, 1.82) is 0 Å². The molecule has 3 aromatic carbocycles. The summed E-state index contributed by atoms with van der Waals surface area (Å²) in [6.45, 7) is 0.466. The van der Waals surface area contributed by atoms with Crippen LogP contribution in [0.25, 0.3) is 11.3 Å². The third-order valence-electron chi connectivity index (χ3n) is 5.84. The Kier molecular flexibility index (Phi) is 8.65. The number of hydrogen-bond acceptors (Lipinski definition) is 5. The molecule has 1 heterocycles. The van der Waals surface area contributed by atoms with Crippen molar-refractivity contribution < 1.29 is 18.4 Å². The minimum atomic E-state index is -0.684. The normalized spacial score (nSPS) is 10.7. The number of benzene rings is 3. The number of amides is 2. The largest absolute Gasteiger partial charge is 0.397 e. The SMILES string of the molecule is Nc1ccccc1NC(=O)CCCCCNC(=O)c1cc(-c2ccc(Nc3c(F)cccc3F)cc2)n[nH]1. The van der Waals surface area contributed by atoms with E-state index in [-0.39, 0.29) is 17.5 Å². The molecule has 0 spiro atoms. The number of para-hydroxylation sites is 3. The Bertz CT molecular complexity index is 1380. The molecule has 0 fully saturated rings. The Balaban J connectivity index is 1.19. The molecule has 0 bridgehead atoms. The van der Waals surface area contributed by atoms with Crippen LogP contribution in [-0.2, 0) is 4.79 Å². The fraction of sp³-hybridized carbons (Fsp3) is 0.179. The summed E-state index contributed by atoms with van der Waals surface area (Å²) < 4.78 is 27.7. The minimum absolute atomic E-state index is 0.0971. The predicted octanol–water partition coefficient (Wildman–Crippen LogP) is 5.61. The van der Waals surface area contributed by atoms with Gasteiger partial charge >= 0.3 is 0 Å². The molecule has 2 amide bonds. The summed E-state index contributed by atoms with van der Waals surface area (Å²) in [4.78, 5) is 24.5. The molecule has 4 rings (SSSR count). The quantitative estimate of drug-likeness (QED) is 0.130. The summed E-state index contributed by atoms with van der Waals surface area (Å²) in [7, 11) is 0. The molecule has 10 heteroatoms. The Morgan fingerprint density at radius 3 is 2.37 bits per heavy atom. The van der Waals surface area contributed by atoms with Gasteiger partial charge in [0, 0.05) is 24.2 Å². The average molecular weight is 519 g/mol. The Hall–Kier alpha value is -4.73. The van der Waals surface area contributed by atoms with Crippen molar-refractivity contribution in [3.63, 3.8) is 0 Å². The maximum Gasteiger partial charge on any atom is 0.269 e. The molecule has 0 radical (unpaired) electrons. The molecule has 0 aliphatic rings. The lowest BCUT2D eigenvalue weighted by atomic mass is 10.1. The summed E-state index contributed by atoms with van der Waals surface area (Å²) in [5.41, 5.74) is 8.85. The van der Waals surface area contributed by atoms with Gasteiger partial charge in [-0.15, -0.1) is 0 Å². The number of aromatic amines is 1. The molecule has 8 nitrogen and oxygen atoms in total. The van der Waals surface area contributed by atoms with Crippen molar-refractivity contribution in [2.45, 2.75) is 25.7 Å². The van der Waals surface area contributed by atoms with Gasteiger partial charge < -0.3 is 21.7 Å². The zero-order chi connectivity index (χ0) is 26.9. The number of rotatable bonds is 11. The molecule has 38 heavy (non-hydrogen) atoms. The molecule has 0 aliphatic carbocycles. The van der Waals surface area contributed by atoms with Gasteiger partial charge in [-0.3, -0.25) is 14.7 Å². The summed E-state index contributed by atoms with van der Waals surface area (Å²) in [5.74, 6) is -1.75. The van der Waals surface area contributed by atoms with E-state index < -0.39 is 11.6 Å². The van der Waals surface area contributed by atoms with Crippen LogP contribution < -0.4 is 21.7 Å². The van der Waals surface area contributed by atoms with E-state index in [1.54, 1.807) is 48.5 Å². The van der Waals surface area contributed by atoms with Gasteiger partial charge in [0.1, 0.15) is 23.0 Å². The van der Waals surface area contributed by atoms with Crippen molar-refractivity contribution >= 4 is 34.6 Å². The predicted molar refractivity (Wildman–Crippen MR) is 144 cm³/mol. The zero-order valence-corrected chi connectivity index (χ0v) is 20.6. The number of carbonyl (C=O) groups is 2. The zero-order valence-electron chi connectivity index (χ0n) is 20.6. The maximum atomic E-state index is 13.9. The first-order chi connectivity index (χ1) is 18.4. The lowest BCUT2D eigenvalue weighted by Gasteiger charge is -2.09. The van der Waals surface area contributed by atoms with E-state index >= 15 is 0 Å². The van der Waals surface area contributed by atoms with Crippen molar-refractivity contribution in [2.24, 2.45) is 0 Å². The van der Waals surface area contributed by atoms with Gasteiger partial charge in [0.2, 0.25) is 5.91 Å². The lowest BCUT2D eigenvalue weighted by molar-refractivity contribution is -0.116. The van der Waals surface area contributed by atoms with Gasteiger partial charge in [-0.25, -0.2) is 8.78 Å². The van der Waals surface area contributed by atoms with E-state index in [9.17, 15) is 18.4 Å². The number of carbonyl (C=O) groups excluding carboxylic acids is 2. The lowest BCUT2D eigenvalue weighted by Crippen LogP contribution is -2.24. The third kappa shape index (κ3) is 6.94. The fourth-order valence-electron chi connectivity index (χ4n) is 3.78. The highest BCUT2D eigenvalue weighted by Crippen LogP contribution is 2.25. The smallest absolute Gasteiger partial charge is 0.269 e. The van der Waals surface area contributed by atoms with Crippen LogP contribution in [0.2, 0.25) is 0 Å². The Morgan fingerprint density at radius 2 is 1.63 bits per heavy atom. The molecule has 4 aromatic rings. The summed E-state index contributed by atoms with van der Waals surface area (Å²) >= 11 is 0. The van der Waals surface area contributed by atoms with Gasteiger partial charge in [-0.1, -0.05) is 36.8 Å². The number of nitrogens with one attached hydrogen (secondary N) is 4. The van der Waals surface area contributed by atoms with E-state index in [4.69, 9.17) is 5.73 Å². The summed E-state index contributed by atoms with van der Waals surface area (Å²) in [6, 6.07) is 19.2. The number of nitrogen functional groups attached to an aromatic ring is 1. The van der Waals surface area contributed by atoms with Crippen molar-refractivity contribution in [1.82, 2.24) is 15.5 Å². The maximum absolute atomic E-state index is 13.9. The molecular formula is C28H28F2N6O2. The van der Waals surface area contributed by atoms with E-state index in [1.807, 2.05) is 6.07 Å². The number of halogens is 2. The third-order valence-corrected chi connectivity index (χ3v) is 5.84. The van der Waals surface area contributed by atoms with Gasteiger partial charge in [-0.05, 0) is 55.3 Å². The molecule has 0 saturated heterocycles. The van der Waals surface area contributed by atoms with Crippen molar-refractivity contribution in [3.05, 3.63) is 90.1 Å². The van der Waals surface area contributed by atoms with Crippen LogP contribution in [0.3, 0.4) is 0 Å². The topological polar surface area (TPSA) is 125 Å².